The van der Waals surface area contributed by atoms with Gasteiger partial charge in [-0.25, -0.2) is 0 Å². The Kier molecular flexibility index (Phi) is 5.27. The Labute approximate surface area is 149 Å². The minimum Gasteiger partial charge on any atom is -0.497 e. The van der Waals surface area contributed by atoms with Crippen LogP contribution in [0, 0.1) is 12.8 Å². The molecule has 132 valence electrons. The molecule has 1 heterocycles. The molecule has 0 spiro atoms. The number of aryl methyl sites for hydroxylation is 1. The molecule has 1 aliphatic heterocycles. The first-order chi connectivity index (χ1) is 12.1. The van der Waals surface area contributed by atoms with E-state index in [9.17, 15) is 4.79 Å². The van der Waals surface area contributed by atoms with Gasteiger partial charge in [0.05, 0.1) is 7.11 Å². The molecule has 2 N–H and O–H groups in total. The summed E-state index contributed by atoms with van der Waals surface area (Å²) < 4.78 is 5.21. The molecule has 0 radical (unpaired) electrons. The lowest BCUT2D eigenvalue weighted by atomic mass is 9.90. The van der Waals surface area contributed by atoms with Crippen LogP contribution in [0.3, 0.4) is 0 Å². The zero-order chi connectivity index (χ0) is 17.8. The molecule has 2 aromatic rings. The summed E-state index contributed by atoms with van der Waals surface area (Å²) in [4.78, 5) is 14.7. The summed E-state index contributed by atoms with van der Waals surface area (Å²) in [6.07, 6.45) is 3.14. The summed E-state index contributed by atoms with van der Waals surface area (Å²) in [6, 6.07) is 13.8. The topological polar surface area (TPSA) is 55.6 Å². The summed E-state index contributed by atoms with van der Waals surface area (Å²) >= 11 is 0. The van der Waals surface area contributed by atoms with E-state index in [1.807, 2.05) is 36.1 Å². The van der Waals surface area contributed by atoms with Gasteiger partial charge < -0.3 is 15.4 Å². The number of carbonyl (C=O) groups is 1. The molecule has 0 saturated carbocycles. The summed E-state index contributed by atoms with van der Waals surface area (Å²) in [6.45, 7) is 3.59. The van der Waals surface area contributed by atoms with E-state index in [1.165, 1.54) is 5.56 Å². The highest BCUT2D eigenvalue weighted by atomic mass is 16.5. The predicted octanol–water partition coefficient (Wildman–Crippen LogP) is 3.68. The van der Waals surface area contributed by atoms with E-state index >= 15 is 0 Å². The maximum Gasteiger partial charge on any atom is 0.254 e. The van der Waals surface area contributed by atoms with Gasteiger partial charge >= 0.3 is 0 Å². The second-order valence-corrected chi connectivity index (χ2v) is 6.86. The van der Waals surface area contributed by atoms with Gasteiger partial charge in [-0.15, -0.1) is 0 Å². The number of likely N-dealkylation sites (tertiary alicyclic amines) is 1. The fraction of sp³-hybridized carbons (Fsp3) is 0.381. The monoisotopic (exact) mass is 338 g/mol. The zero-order valence-corrected chi connectivity index (χ0v) is 15.0. The Balaban J connectivity index is 1.57. The molecule has 4 nitrogen and oxygen atoms in total. The molecule has 2 aromatic carbocycles. The van der Waals surface area contributed by atoms with Crippen molar-refractivity contribution in [1.29, 1.82) is 0 Å². The van der Waals surface area contributed by atoms with Gasteiger partial charge in [-0.2, -0.15) is 0 Å². The van der Waals surface area contributed by atoms with Gasteiger partial charge in [-0.1, -0.05) is 18.2 Å². The number of hydrogen-bond acceptors (Lipinski definition) is 3. The van der Waals surface area contributed by atoms with Crippen LogP contribution < -0.4 is 10.5 Å². The lowest BCUT2D eigenvalue weighted by molar-refractivity contribution is 0.0690. The highest BCUT2D eigenvalue weighted by Gasteiger charge is 2.24. The molecule has 1 saturated heterocycles. The molecule has 0 atom stereocenters. The number of nitrogens with two attached hydrogens (primary N) is 1. The van der Waals surface area contributed by atoms with Crippen LogP contribution in [0.1, 0.15) is 34.3 Å². The van der Waals surface area contributed by atoms with Crippen molar-refractivity contribution in [2.24, 2.45) is 5.92 Å². The number of nitrogen functional groups attached to an aromatic ring is 1. The third-order valence-electron chi connectivity index (χ3n) is 5.08. The molecule has 0 aromatic heterocycles. The molecular weight excluding hydrogens is 312 g/mol. The number of amides is 1. The van der Waals surface area contributed by atoms with Crippen LogP contribution in [-0.2, 0) is 6.42 Å². The van der Waals surface area contributed by atoms with Crippen LogP contribution in [0.2, 0.25) is 0 Å². The van der Waals surface area contributed by atoms with Crippen LogP contribution in [0.4, 0.5) is 5.69 Å². The SMILES string of the molecule is COc1ccc(CC2CCN(C(=O)c3cc(N)ccc3C)CC2)cc1. The second-order valence-electron chi connectivity index (χ2n) is 6.86. The predicted molar refractivity (Wildman–Crippen MR) is 101 cm³/mol. The van der Waals surface area contributed by atoms with Crippen molar-refractivity contribution < 1.29 is 9.53 Å². The number of anilines is 1. The van der Waals surface area contributed by atoms with Crippen molar-refractivity contribution in [3.63, 3.8) is 0 Å². The molecule has 0 bridgehead atoms. The Hall–Kier alpha value is -2.49. The average molecular weight is 338 g/mol. The zero-order valence-electron chi connectivity index (χ0n) is 15.0. The van der Waals surface area contributed by atoms with Crippen molar-refractivity contribution in [2.45, 2.75) is 26.2 Å². The maximum absolute atomic E-state index is 12.8. The van der Waals surface area contributed by atoms with Gasteiger partial charge in [0.1, 0.15) is 5.75 Å². The largest absolute Gasteiger partial charge is 0.497 e. The molecule has 1 fully saturated rings. The molecule has 3 rings (SSSR count). The van der Waals surface area contributed by atoms with Crippen LogP contribution in [-0.4, -0.2) is 31.0 Å². The minimum absolute atomic E-state index is 0.104. The van der Waals surface area contributed by atoms with E-state index in [-0.39, 0.29) is 5.91 Å². The number of rotatable bonds is 4. The van der Waals surface area contributed by atoms with E-state index in [1.54, 1.807) is 13.2 Å². The number of ether oxygens (including phenoxy) is 1. The Morgan fingerprint density at radius 3 is 2.48 bits per heavy atom. The van der Waals surface area contributed by atoms with Crippen molar-refractivity contribution in [3.8, 4) is 5.75 Å². The van der Waals surface area contributed by atoms with E-state index in [0.29, 0.717) is 11.6 Å². The van der Waals surface area contributed by atoms with Gasteiger partial charge in [-0.05, 0) is 67.5 Å². The molecule has 25 heavy (non-hydrogen) atoms. The molecule has 0 aliphatic carbocycles. The van der Waals surface area contributed by atoms with Crippen LogP contribution >= 0.6 is 0 Å². The van der Waals surface area contributed by atoms with Crippen molar-refractivity contribution in [3.05, 3.63) is 59.2 Å². The fourth-order valence-corrected chi connectivity index (χ4v) is 3.48. The first-order valence-corrected chi connectivity index (χ1v) is 8.85. The highest BCUT2D eigenvalue weighted by Crippen LogP contribution is 2.25. The van der Waals surface area contributed by atoms with Crippen molar-refractivity contribution in [1.82, 2.24) is 4.90 Å². The number of piperidine rings is 1. The van der Waals surface area contributed by atoms with E-state index in [4.69, 9.17) is 10.5 Å². The Morgan fingerprint density at radius 1 is 1.16 bits per heavy atom. The third-order valence-corrected chi connectivity index (χ3v) is 5.08. The Bertz CT molecular complexity index is 732. The van der Waals surface area contributed by atoms with Gasteiger partial charge in [0.25, 0.3) is 5.91 Å². The third kappa shape index (κ3) is 4.13. The number of hydrogen-bond donors (Lipinski definition) is 1. The van der Waals surface area contributed by atoms with E-state index in [2.05, 4.69) is 12.1 Å². The van der Waals surface area contributed by atoms with Crippen LogP contribution in [0.25, 0.3) is 0 Å². The Morgan fingerprint density at radius 2 is 1.84 bits per heavy atom. The van der Waals surface area contributed by atoms with E-state index in [0.717, 1.165) is 49.2 Å². The molecular formula is C21H26N2O2. The van der Waals surface area contributed by atoms with E-state index < -0.39 is 0 Å². The first kappa shape index (κ1) is 17.3. The number of benzene rings is 2. The maximum atomic E-state index is 12.8. The molecule has 1 amide bonds. The lowest BCUT2D eigenvalue weighted by Crippen LogP contribution is -2.39. The standard InChI is InChI=1S/C21H26N2O2/c1-15-3-6-18(22)14-20(15)21(24)23-11-9-17(10-12-23)13-16-4-7-19(25-2)8-5-16/h3-8,14,17H,9-13,22H2,1-2H3. The second kappa shape index (κ2) is 7.60. The number of methoxy groups -OCH3 is 1. The summed E-state index contributed by atoms with van der Waals surface area (Å²) in [7, 11) is 1.68. The summed E-state index contributed by atoms with van der Waals surface area (Å²) in [5.41, 5.74) is 9.53. The van der Waals surface area contributed by atoms with Gasteiger partial charge in [0.15, 0.2) is 0 Å². The quantitative estimate of drug-likeness (QED) is 0.865. The summed E-state index contributed by atoms with van der Waals surface area (Å²) in [5.74, 6) is 1.62. The summed E-state index contributed by atoms with van der Waals surface area (Å²) in [5, 5.41) is 0. The van der Waals surface area contributed by atoms with Crippen molar-refractivity contribution in [2.75, 3.05) is 25.9 Å². The van der Waals surface area contributed by atoms with Crippen LogP contribution in [0.5, 0.6) is 5.75 Å². The minimum atomic E-state index is 0.104. The normalized spacial score (nSPS) is 15.2. The fourth-order valence-electron chi connectivity index (χ4n) is 3.48. The highest BCUT2D eigenvalue weighted by molar-refractivity contribution is 5.96. The van der Waals surface area contributed by atoms with Gasteiger partial charge in [-0.3, -0.25) is 4.79 Å². The van der Waals surface area contributed by atoms with Gasteiger partial charge in [0.2, 0.25) is 0 Å². The lowest BCUT2D eigenvalue weighted by Gasteiger charge is -2.32. The first-order valence-electron chi connectivity index (χ1n) is 8.85. The molecule has 0 unspecified atom stereocenters. The van der Waals surface area contributed by atoms with Crippen molar-refractivity contribution >= 4 is 11.6 Å². The molecule has 4 heteroatoms. The number of nitrogens with zero attached hydrogens (tertiary/aromatic N) is 1. The van der Waals surface area contributed by atoms with Gasteiger partial charge in [0, 0.05) is 24.3 Å². The average Bonchev–Trinajstić information content (AvgIpc) is 2.64. The smallest absolute Gasteiger partial charge is 0.254 e. The molecule has 1 aliphatic rings. The number of carbonyl (C=O) groups excluding carboxylic acids is 1. The van der Waals surface area contributed by atoms with Crippen LogP contribution in [0.15, 0.2) is 42.5 Å².